The van der Waals surface area contributed by atoms with Gasteiger partial charge in [0.15, 0.2) is 0 Å². The molecule has 7 nitrogen and oxygen atoms in total. The zero-order chi connectivity index (χ0) is 21.3. The Morgan fingerprint density at radius 3 is 2.48 bits per heavy atom. The van der Waals surface area contributed by atoms with E-state index >= 15 is 0 Å². The van der Waals surface area contributed by atoms with Crippen LogP contribution in [0.1, 0.15) is 56.7 Å². The van der Waals surface area contributed by atoms with Crippen LogP contribution in [-0.4, -0.2) is 48.0 Å². The van der Waals surface area contributed by atoms with E-state index in [4.69, 9.17) is 4.74 Å². The van der Waals surface area contributed by atoms with E-state index < -0.39 is 47.1 Å². The summed E-state index contributed by atoms with van der Waals surface area (Å²) < 4.78 is 34.9. The highest BCUT2D eigenvalue weighted by Crippen LogP contribution is 2.31. The molecule has 2 aliphatic rings. The summed E-state index contributed by atoms with van der Waals surface area (Å²) in [5.74, 6) is -3.34. The molecule has 29 heavy (non-hydrogen) atoms. The molecule has 3 amide bonds. The number of piperazine rings is 1. The van der Waals surface area contributed by atoms with Gasteiger partial charge in [-0.2, -0.15) is 0 Å². The zero-order valence-corrected chi connectivity index (χ0v) is 16.7. The van der Waals surface area contributed by atoms with Gasteiger partial charge in [-0.3, -0.25) is 14.9 Å². The first-order valence-electron chi connectivity index (χ1n) is 9.59. The van der Waals surface area contributed by atoms with E-state index in [1.54, 1.807) is 20.8 Å². The Kier molecular flexibility index (Phi) is 5.88. The number of amides is 3. The van der Waals surface area contributed by atoms with Crippen molar-refractivity contribution in [1.29, 1.82) is 0 Å². The van der Waals surface area contributed by atoms with E-state index in [1.165, 1.54) is 4.90 Å². The number of carbonyl (C=O) groups is 3. The van der Waals surface area contributed by atoms with Gasteiger partial charge in [0.05, 0.1) is 12.0 Å². The smallest absolute Gasteiger partial charge is 0.410 e. The Labute approximate surface area is 167 Å². The molecule has 2 unspecified atom stereocenters. The summed E-state index contributed by atoms with van der Waals surface area (Å²) in [6.45, 7) is 6.20. The first-order chi connectivity index (χ1) is 13.5. The number of imide groups is 1. The lowest BCUT2D eigenvalue weighted by Crippen LogP contribution is -2.50. The van der Waals surface area contributed by atoms with Crippen molar-refractivity contribution in [2.75, 3.05) is 19.6 Å². The third kappa shape index (κ3) is 4.90. The van der Waals surface area contributed by atoms with Crippen molar-refractivity contribution in [3.8, 4) is 0 Å². The molecule has 9 heteroatoms. The number of hydrogen-bond acceptors (Lipinski definition) is 5. The molecule has 1 aromatic carbocycles. The Bertz CT molecular complexity index is 838. The van der Waals surface area contributed by atoms with E-state index in [9.17, 15) is 23.2 Å². The molecule has 0 spiro atoms. The second kappa shape index (κ2) is 8.06. The normalized spacial score (nSPS) is 23.0. The molecule has 2 saturated heterocycles. The van der Waals surface area contributed by atoms with Crippen molar-refractivity contribution in [3.63, 3.8) is 0 Å². The quantitative estimate of drug-likeness (QED) is 0.733. The molecule has 2 N–H and O–H groups in total. The van der Waals surface area contributed by atoms with Gasteiger partial charge in [0.1, 0.15) is 17.2 Å². The minimum atomic E-state index is -0.908. The maximum absolute atomic E-state index is 14.8. The topological polar surface area (TPSA) is 87.7 Å². The minimum absolute atomic E-state index is 0.0731. The van der Waals surface area contributed by atoms with Gasteiger partial charge in [0.2, 0.25) is 11.8 Å². The second-order valence-electron chi connectivity index (χ2n) is 8.33. The Morgan fingerprint density at radius 1 is 1.17 bits per heavy atom. The van der Waals surface area contributed by atoms with Gasteiger partial charge in [-0.15, -0.1) is 0 Å². The molecular formula is C20H25F2N3O4. The van der Waals surface area contributed by atoms with E-state index in [1.807, 2.05) is 0 Å². The number of rotatable bonds is 2. The molecule has 1 aromatic rings. The van der Waals surface area contributed by atoms with Crippen LogP contribution in [0.5, 0.6) is 0 Å². The van der Waals surface area contributed by atoms with Crippen LogP contribution in [0.2, 0.25) is 0 Å². The van der Waals surface area contributed by atoms with Crippen LogP contribution < -0.4 is 10.6 Å². The summed E-state index contributed by atoms with van der Waals surface area (Å²) in [6.07, 6.45) is -0.298. The standard InChI is InChI=1S/C20H25F2N3O4/c1-20(2,3)29-19(28)25-7-6-23-16(10-25)13-9-14(21)12(8-15(13)22)11-4-5-17(26)24-18(11)27/h8-9,11,16,23H,4-7,10H2,1-3H3,(H,24,26,27). The van der Waals surface area contributed by atoms with Crippen molar-refractivity contribution in [2.45, 2.75) is 51.2 Å². The first kappa shape index (κ1) is 21.2. The highest BCUT2D eigenvalue weighted by Gasteiger charge is 2.33. The summed E-state index contributed by atoms with van der Waals surface area (Å²) in [4.78, 5) is 37.0. The molecule has 3 rings (SSSR count). The van der Waals surface area contributed by atoms with Crippen LogP contribution in [-0.2, 0) is 14.3 Å². The number of benzene rings is 1. The van der Waals surface area contributed by atoms with Gasteiger partial charge < -0.3 is 15.0 Å². The van der Waals surface area contributed by atoms with Crippen LogP contribution in [0, 0.1) is 11.6 Å². The highest BCUT2D eigenvalue weighted by molar-refractivity contribution is 6.00. The molecule has 0 aliphatic carbocycles. The molecule has 2 fully saturated rings. The van der Waals surface area contributed by atoms with Crippen molar-refractivity contribution in [2.24, 2.45) is 0 Å². The van der Waals surface area contributed by atoms with Gasteiger partial charge in [-0.05, 0) is 39.3 Å². The number of halogens is 2. The third-order valence-corrected chi connectivity index (χ3v) is 4.93. The van der Waals surface area contributed by atoms with Gasteiger partial charge in [-0.1, -0.05) is 0 Å². The van der Waals surface area contributed by atoms with Crippen LogP contribution in [0.25, 0.3) is 0 Å². The van der Waals surface area contributed by atoms with Crippen LogP contribution in [0.15, 0.2) is 12.1 Å². The fourth-order valence-corrected chi connectivity index (χ4v) is 3.55. The largest absolute Gasteiger partial charge is 0.444 e. The van der Waals surface area contributed by atoms with E-state index in [2.05, 4.69) is 10.6 Å². The number of carbonyl (C=O) groups excluding carboxylic acids is 3. The zero-order valence-electron chi connectivity index (χ0n) is 16.7. The summed E-state index contributed by atoms with van der Waals surface area (Å²) in [5.41, 5.74) is -0.652. The number of ether oxygens (including phenoxy) is 1. The summed E-state index contributed by atoms with van der Waals surface area (Å²) in [5, 5.41) is 5.24. The minimum Gasteiger partial charge on any atom is -0.444 e. The van der Waals surface area contributed by atoms with E-state index in [0.717, 1.165) is 12.1 Å². The lowest BCUT2D eigenvalue weighted by atomic mass is 9.88. The van der Waals surface area contributed by atoms with Gasteiger partial charge >= 0.3 is 6.09 Å². The number of piperidine rings is 1. The monoisotopic (exact) mass is 409 g/mol. The van der Waals surface area contributed by atoms with Gasteiger partial charge in [0, 0.05) is 37.2 Å². The molecule has 0 aromatic heterocycles. The van der Waals surface area contributed by atoms with Crippen molar-refractivity contribution < 1.29 is 27.9 Å². The Balaban J connectivity index is 1.79. The molecule has 0 radical (unpaired) electrons. The molecule has 2 atom stereocenters. The predicted molar refractivity (Wildman–Crippen MR) is 100 cm³/mol. The Hall–Kier alpha value is -2.55. The van der Waals surface area contributed by atoms with Crippen molar-refractivity contribution in [1.82, 2.24) is 15.5 Å². The van der Waals surface area contributed by atoms with Crippen LogP contribution in [0.4, 0.5) is 13.6 Å². The summed E-state index contributed by atoms with van der Waals surface area (Å²) in [7, 11) is 0. The molecule has 2 aliphatic heterocycles. The number of nitrogens with zero attached hydrogens (tertiary/aromatic N) is 1. The summed E-state index contributed by atoms with van der Waals surface area (Å²) in [6, 6.07) is 1.46. The van der Waals surface area contributed by atoms with E-state index in [0.29, 0.717) is 13.1 Å². The highest BCUT2D eigenvalue weighted by atomic mass is 19.1. The number of nitrogens with one attached hydrogen (secondary N) is 2. The van der Waals surface area contributed by atoms with Crippen LogP contribution in [0.3, 0.4) is 0 Å². The molecular weight excluding hydrogens is 384 g/mol. The maximum Gasteiger partial charge on any atom is 0.410 e. The molecule has 2 heterocycles. The fraction of sp³-hybridized carbons (Fsp3) is 0.550. The van der Waals surface area contributed by atoms with Crippen molar-refractivity contribution in [3.05, 3.63) is 34.9 Å². The Morgan fingerprint density at radius 2 is 1.83 bits per heavy atom. The molecule has 0 bridgehead atoms. The predicted octanol–water partition coefficient (Wildman–Crippen LogP) is 2.37. The molecule has 158 valence electrons. The molecule has 0 saturated carbocycles. The second-order valence-corrected chi connectivity index (χ2v) is 8.33. The van der Waals surface area contributed by atoms with Gasteiger partial charge in [-0.25, -0.2) is 13.6 Å². The average molecular weight is 409 g/mol. The lowest BCUT2D eigenvalue weighted by Gasteiger charge is -2.35. The van der Waals surface area contributed by atoms with E-state index in [-0.39, 0.29) is 30.5 Å². The SMILES string of the molecule is CC(C)(C)OC(=O)N1CCNC(c2cc(F)c(C3CCC(=O)NC3=O)cc2F)C1. The first-order valence-corrected chi connectivity index (χ1v) is 9.59. The average Bonchev–Trinajstić information content (AvgIpc) is 2.62. The number of hydrogen-bond donors (Lipinski definition) is 2. The lowest BCUT2D eigenvalue weighted by molar-refractivity contribution is -0.134. The van der Waals surface area contributed by atoms with Crippen LogP contribution >= 0.6 is 0 Å². The summed E-state index contributed by atoms with van der Waals surface area (Å²) >= 11 is 0. The van der Waals surface area contributed by atoms with Crippen molar-refractivity contribution >= 4 is 17.9 Å². The fourth-order valence-electron chi connectivity index (χ4n) is 3.55. The van der Waals surface area contributed by atoms with Gasteiger partial charge in [0.25, 0.3) is 0 Å². The maximum atomic E-state index is 14.8. The third-order valence-electron chi connectivity index (χ3n) is 4.93.